The van der Waals surface area contributed by atoms with E-state index in [1.807, 2.05) is 10.6 Å². The molecule has 1 aliphatic rings. The summed E-state index contributed by atoms with van der Waals surface area (Å²) in [7, 11) is 0. The number of aryl methyl sites for hydroxylation is 1. The summed E-state index contributed by atoms with van der Waals surface area (Å²) in [5.74, 6) is 1.52. The van der Waals surface area contributed by atoms with Crippen LogP contribution in [0.2, 0.25) is 5.15 Å². The Morgan fingerprint density at radius 3 is 2.71 bits per heavy atom. The molecular weight excluding hydrogens is 444 g/mol. The van der Waals surface area contributed by atoms with E-state index < -0.39 is 0 Å². The summed E-state index contributed by atoms with van der Waals surface area (Å²) in [6.07, 6.45) is 6.09. The van der Waals surface area contributed by atoms with E-state index in [2.05, 4.69) is 66.2 Å². The molecule has 0 spiro atoms. The van der Waals surface area contributed by atoms with E-state index in [9.17, 15) is 10.1 Å². The summed E-state index contributed by atoms with van der Waals surface area (Å²) in [6, 6.07) is 16.7. The van der Waals surface area contributed by atoms with Gasteiger partial charge in [-0.25, -0.2) is 4.98 Å². The van der Waals surface area contributed by atoms with Crippen molar-refractivity contribution in [2.45, 2.75) is 52.5 Å². The third-order valence-corrected chi connectivity index (χ3v) is 6.94. The summed E-state index contributed by atoms with van der Waals surface area (Å²) < 4.78 is 1.92. The van der Waals surface area contributed by atoms with Crippen molar-refractivity contribution in [3.05, 3.63) is 70.3 Å². The second-order valence-corrected chi connectivity index (χ2v) is 9.60. The molecule has 1 aliphatic heterocycles. The van der Waals surface area contributed by atoms with Crippen LogP contribution in [-0.4, -0.2) is 28.9 Å². The lowest BCUT2D eigenvalue weighted by Crippen LogP contribution is -2.34. The van der Waals surface area contributed by atoms with Gasteiger partial charge in [-0.2, -0.15) is 5.26 Å². The molecule has 2 heterocycles. The highest BCUT2D eigenvalue weighted by molar-refractivity contribution is 6.31. The van der Waals surface area contributed by atoms with Crippen LogP contribution in [0.3, 0.4) is 0 Å². The fourth-order valence-corrected chi connectivity index (χ4v) is 5.00. The van der Waals surface area contributed by atoms with E-state index in [1.54, 1.807) is 0 Å². The zero-order chi connectivity index (χ0) is 24.1. The van der Waals surface area contributed by atoms with E-state index >= 15 is 0 Å². The van der Waals surface area contributed by atoms with Crippen molar-refractivity contribution in [3.8, 4) is 17.2 Å². The number of benzene rings is 2. The molecule has 0 bridgehead atoms. The largest absolute Gasteiger partial charge is 0.371 e. The minimum absolute atomic E-state index is 0.264. The number of nitriles is 1. The van der Waals surface area contributed by atoms with Crippen LogP contribution >= 0.6 is 11.6 Å². The zero-order valence-corrected chi connectivity index (χ0v) is 20.7. The Bertz CT molecular complexity index is 1190. The highest BCUT2D eigenvalue weighted by Gasteiger charge is 2.19. The molecule has 0 amide bonds. The van der Waals surface area contributed by atoms with E-state index in [0.717, 1.165) is 61.2 Å². The molecule has 176 valence electrons. The molecule has 0 saturated carbocycles. The number of anilines is 1. The number of aromatic nitrogens is 2. The standard InChI is InChI=1S/C28H31ClN4O/c1-3-4-7-27-31-28(29)26(19-34)33(27)18-21-8-10-22(11-9-21)25-15-24(13-12-23(25)16-30)32-14-5-6-20(2)17-32/h8-13,15,19-20H,3-7,14,17-18H2,1-2H3. The molecule has 0 radical (unpaired) electrons. The number of hydrogen-bond donors (Lipinski definition) is 0. The average Bonchev–Trinajstić information content (AvgIpc) is 3.16. The number of halogens is 1. The van der Waals surface area contributed by atoms with E-state index in [-0.39, 0.29) is 5.15 Å². The van der Waals surface area contributed by atoms with E-state index in [0.29, 0.717) is 23.7 Å². The number of unbranched alkanes of at least 4 members (excludes halogenated alkanes) is 1. The number of hydrogen-bond acceptors (Lipinski definition) is 4. The van der Waals surface area contributed by atoms with Gasteiger partial charge in [0.2, 0.25) is 0 Å². The van der Waals surface area contributed by atoms with Gasteiger partial charge < -0.3 is 9.47 Å². The number of rotatable bonds is 8. The van der Waals surface area contributed by atoms with Crippen LogP contribution in [0, 0.1) is 17.2 Å². The lowest BCUT2D eigenvalue weighted by Gasteiger charge is -2.33. The van der Waals surface area contributed by atoms with Crippen LogP contribution in [0.15, 0.2) is 42.5 Å². The Morgan fingerprint density at radius 1 is 1.24 bits per heavy atom. The van der Waals surface area contributed by atoms with E-state index in [4.69, 9.17) is 11.6 Å². The quantitative estimate of drug-likeness (QED) is 0.349. The van der Waals surface area contributed by atoms with Gasteiger partial charge in [-0.15, -0.1) is 0 Å². The van der Waals surface area contributed by atoms with Gasteiger partial charge >= 0.3 is 0 Å². The monoisotopic (exact) mass is 474 g/mol. The van der Waals surface area contributed by atoms with Crippen molar-refractivity contribution in [1.29, 1.82) is 5.26 Å². The molecule has 1 atom stereocenters. The van der Waals surface area contributed by atoms with Crippen molar-refractivity contribution in [3.63, 3.8) is 0 Å². The Labute approximate surface area is 207 Å². The zero-order valence-electron chi connectivity index (χ0n) is 19.9. The molecule has 1 unspecified atom stereocenters. The SMILES string of the molecule is CCCCc1nc(Cl)c(C=O)n1Cc1ccc(-c2cc(N3CCCC(C)C3)ccc2C#N)cc1. The van der Waals surface area contributed by atoms with Crippen LogP contribution < -0.4 is 4.90 Å². The third kappa shape index (κ3) is 5.18. The van der Waals surface area contributed by atoms with Crippen molar-refractivity contribution in [1.82, 2.24) is 9.55 Å². The molecule has 3 aromatic rings. The predicted molar refractivity (Wildman–Crippen MR) is 138 cm³/mol. The molecule has 0 aliphatic carbocycles. The number of carbonyl (C=O) groups is 1. The fraction of sp³-hybridized carbons (Fsp3) is 0.393. The van der Waals surface area contributed by atoms with Gasteiger partial charge in [-0.1, -0.05) is 56.1 Å². The van der Waals surface area contributed by atoms with Crippen LogP contribution in [0.25, 0.3) is 11.1 Å². The van der Waals surface area contributed by atoms with Gasteiger partial charge in [0.05, 0.1) is 11.6 Å². The Kier molecular flexibility index (Phi) is 7.70. The van der Waals surface area contributed by atoms with Gasteiger partial charge in [0.1, 0.15) is 11.5 Å². The van der Waals surface area contributed by atoms with Crippen molar-refractivity contribution in [2.75, 3.05) is 18.0 Å². The number of piperidine rings is 1. The highest BCUT2D eigenvalue weighted by atomic mass is 35.5. The molecule has 1 fully saturated rings. The van der Waals surface area contributed by atoms with Gasteiger partial charge in [0, 0.05) is 37.3 Å². The highest BCUT2D eigenvalue weighted by Crippen LogP contribution is 2.31. The van der Waals surface area contributed by atoms with E-state index in [1.165, 1.54) is 18.5 Å². The van der Waals surface area contributed by atoms with Crippen molar-refractivity contribution >= 4 is 23.6 Å². The summed E-state index contributed by atoms with van der Waals surface area (Å²) in [5, 5.41) is 9.98. The van der Waals surface area contributed by atoms with Crippen LogP contribution in [0.4, 0.5) is 5.69 Å². The average molecular weight is 475 g/mol. The summed E-state index contributed by atoms with van der Waals surface area (Å²) in [4.78, 5) is 18.5. The molecule has 5 nitrogen and oxygen atoms in total. The van der Waals surface area contributed by atoms with Crippen LogP contribution in [0.5, 0.6) is 0 Å². The van der Waals surface area contributed by atoms with Crippen molar-refractivity contribution in [2.24, 2.45) is 5.92 Å². The predicted octanol–water partition coefficient (Wildman–Crippen LogP) is 6.51. The van der Waals surface area contributed by atoms with Crippen molar-refractivity contribution < 1.29 is 4.79 Å². The number of nitrogens with zero attached hydrogens (tertiary/aromatic N) is 4. The molecule has 4 rings (SSSR count). The smallest absolute Gasteiger partial charge is 0.169 e. The lowest BCUT2D eigenvalue weighted by molar-refractivity contribution is 0.111. The Balaban J connectivity index is 1.61. The third-order valence-electron chi connectivity index (χ3n) is 6.66. The normalized spacial score (nSPS) is 15.8. The molecule has 1 saturated heterocycles. The second-order valence-electron chi connectivity index (χ2n) is 9.24. The van der Waals surface area contributed by atoms with Gasteiger partial charge in [-0.05, 0) is 54.5 Å². The molecule has 1 aromatic heterocycles. The van der Waals surface area contributed by atoms with Gasteiger partial charge in [0.15, 0.2) is 11.4 Å². The summed E-state index contributed by atoms with van der Waals surface area (Å²) in [6.45, 7) is 7.07. The Morgan fingerprint density at radius 2 is 2.03 bits per heavy atom. The minimum atomic E-state index is 0.264. The van der Waals surface area contributed by atoms with Gasteiger partial charge in [0.25, 0.3) is 0 Å². The first-order valence-corrected chi connectivity index (χ1v) is 12.5. The Hall–Kier alpha value is -3.10. The maximum atomic E-state index is 11.6. The fourth-order valence-electron chi connectivity index (χ4n) is 4.76. The second kappa shape index (κ2) is 10.9. The topological polar surface area (TPSA) is 61.9 Å². The molecule has 0 N–H and O–H groups in total. The maximum absolute atomic E-state index is 11.6. The first-order valence-electron chi connectivity index (χ1n) is 12.1. The maximum Gasteiger partial charge on any atom is 0.169 e. The number of carbonyl (C=O) groups excluding carboxylic acids is 1. The summed E-state index contributed by atoms with van der Waals surface area (Å²) in [5.41, 5.74) is 5.29. The number of imidazole rings is 1. The van der Waals surface area contributed by atoms with Crippen LogP contribution in [0.1, 0.15) is 67.0 Å². The summed E-state index contributed by atoms with van der Waals surface area (Å²) >= 11 is 6.22. The molecular formula is C28H31ClN4O. The number of aldehydes is 1. The molecule has 2 aromatic carbocycles. The minimum Gasteiger partial charge on any atom is -0.371 e. The van der Waals surface area contributed by atoms with Gasteiger partial charge in [-0.3, -0.25) is 4.79 Å². The first-order chi connectivity index (χ1) is 16.5. The first kappa shape index (κ1) is 24.0. The molecule has 34 heavy (non-hydrogen) atoms. The van der Waals surface area contributed by atoms with Crippen LogP contribution in [-0.2, 0) is 13.0 Å². The lowest BCUT2D eigenvalue weighted by atomic mass is 9.96. The molecule has 6 heteroatoms.